The van der Waals surface area contributed by atoms with Crippen LogP contribution in [0.2, 0.25) is 0 Å². The van der Waals surface area contributed by atoms with Gasteiger partial charge in [-0.05, 0) is 70.6 Å². The fourth-order valence-electron chi connectivity index (χ4n) is 4.83. The third-order valence-corrected chi connectivity index (χ3v) is 6.15. The van der Waals surface area contributed by atoms with Crippen molar-refractivity contribution in [3.63, 3.8) is 0 Å². The lowest BCUT2D eigenvalue weighted by molar-refractivity contribution is -0.156. The highest BCUT2D eigenvalue weighted by Gasteiger charge is 2.46. The highest BCUT2D eigenvalue weighted by molar-refractivity contribution is 5.69. The van der Waals surface area contributed by atoms with Crippen molar-refractivity contribution in [2.75, 3.05) is 6.54 Å². The molecule has 0 aromatic carbocycles. The summed E-state index contributed by atoms with van der Waals surface area (Å²) < 4.78 is 42.8. The van der Waals surface area contributed by atoms with Crippen LogP contribution in [0.15, 0.2) is 0 Å². The molecule has 182 valence electrons. The van der Waals surface area contributed by atoms with Gasteiger partial charge in [0.15, 0.2) is 0 Å². The second-order valence-corrected chi connectivity index (χ2v) is 9.68. The van der Waals surface area contributed by atoms with E-state index in [1.165, 1.54) is 25.7 Å². The highest BCUT2D eigenvalue weighted by Crippen LogP contribution is 2.43. The van der Waals surface area contributed by atoms with Crippen molar-refractivity contribution in [1.82, 2.24) is 4.90 Å². The van der Waals surface area contributed by atoms with Gasteiger partial charge >= 0.3 is 12.3 Å². The number of nitrogens with zero attached hydrogens (tertiary/aromatic N) is 1. The van der Waals surface area contributed by atoms with Crippen molar-refractivity contribution >= 4 is 12.4 Å². The molecule has 4 aliphatic rings. The van der Waals surface area contributed by atoms with Crippen LogP contribution < -0.4 is 11.5 Å². The number of fused-ring (bicyclic) bond motifs is 4. The molecule has 6 atom stereocenters. The molecule has 0 spiro atoms. The predicted molar refractivity (Wildman–Crippen MR) is 114 cm³/mol. The number of rotatable bonds is 0. The van der Waals surface area contributed by atoms with Crippen LogP contribution in [-0.2, 0) is 9.53 Å². The number of carbonyl (C=O) groups excluding carboxylic acids is 2. The number of likely N-dealkylation sites (tertiary alicyclic amines) is 1. The molecule has 9 heteroatoms. The fourth-order valence-corrected chi connectivity index (χ4v) is 4.83. The highest BCUT2D eigenvalue weighted by atomic mass is 19.4. The Kier molecular flexibility index (Phi) is 9.61. The third-order valence-electron chi connectivity index (χ3n) is 6.15. The van der Waals surface area contributed by atoms with Gasteiger partial charge in [-0.2, -0.15) is 13.2 Å². The molecule has 4 N–H and O–H groups in total. The van der Waals surface area contributed by atoms with Crippen LogP contribution in [0.4, 0.5) is 18.0 Å². The summed E-state index contributed by atoms with van der Waals surface area (Å²) in [5, 5.41) is 0. The maximum Gasteiger partial charge on any atom is 0.446 e. The van der Waals surface area contributed by atoms with Gasteiger partial charge in [0.2, 0.25) is 6.29 Å². The molecule has 0 unspecified atom stereocenters. The van der Waals surface area contributed by atoms with Crippen molar-refractivity contribution in [2.45, 2.75) is 103 Å². The Hall–Kier alpha value is -1.35. The molecule has 6 nitrogen and oxygen atoms in total. The maximum atomic E-state index is 11.8. The Balaban J connectivity index is 0.000000252. The molecular weight excluding hydrogens is 411 g/mol. The van der Waals surface area contributed by atoms with Gasteiger partial charge in [-0.15, -0.1) is 0 Å². The van der Waals surface area contributed by atoms with E-state index in [0.29, 0.717) is 24.9 Å². The Morgan fingerprint density at radius 3 is 1.87 bits per heavy atom. The average molecular weight is 453 g/mol. The van der Waals surface area contributed by atoms with Crippen LogP contribution >= 0.6 is 0 Å². The van der Waals surface area contributed by atoms with Gasteiger partial charge in [-0.25, -0.2) is 4.79 Å². The summed E-state index contributed by atoms with van der Waals surface area (Å²) in [6.07, 6.45) is 1.77. The number of aldehydes is 1. The van der Waals surface area contributed by atoms with Crippen molar-refractivity contribution < 1.29 is 28.9 Å². The zero-order valence-corrected chi connectivity index (χ0v) is 19.2. The van der Waals surface area contributed by atoms with E-state index in [1.807, 2.05) is 25.7 Å². The Labute approximate surface area is 185 Å². The number of piperidine rings is 1. The summed E-state index contributed by atoms with van der Waals surface area (Å²) in [7, 11) is 0. The zero-order valence-electron chi connectivity index (χ0n) is 20.2. The van der Waals surface area contributed by atoms with Gasteiger partial charge in [-0.3, -0.25) is 4.79 Å². The topological polar surface area (TPSA) is 98.7 Å². The summed E-state index contributed by atoms with van der Waals surface area (Å²) in [6, 6.07) is 1.18. The van der Waals surface area contributed by atoms with Gasteiger partial charge in [-0.1, -0.05) is 20.2 Å². The molecule has 1 heterocycles. The standard InChI is InChI=1S/C11H20N2O2.C7H13N.C2HF3O.C2H6/c1-11(2,3)15-10(14)13-6-7-4-8(13)5-9(7)12;8-7-4-5-1-2-6(7)3-5;3-2(4,5)1-6;1-2/h7-9H,4-6,12H2,1-3H3;5-7H,1-4,8H2;1H;1-2H3/t7-,8-,9-;5-,6+,7-;;/m11../s1/i;;;1D. The summed E-state index contributed by atoms with van der Waals surface area (Å²) in [5.41, 5.74) is 11.3. The number of hydrogen-bond acceptors (Lipinski definition) is 5. The van der Waals surface area contributed by atoms with E-state index in [1.54, 1.807) is 6.92 Å². The van der Waals surface area contributed by atoms with E-state index in [-0.39, 0.29) is 12.1 Å². The number of nitrogens with two attached hydrogens (primary N) is 2. The first-order valence-corrected chi connectivity index (χ1v) is 11.0. The van der Waals surface area contributed by atoms with Gasteiger partial charge in [0.1, 0.15) is 5.60 Å². The summed E-state index contributed by atoms with van der Waals surface area (Å²) in [6.45, 7) is 8.75. The number of ether oxygens (including phenoxy) is 1. The van der Waals surface area contributed by atoms with E-state index < -0.39 is 18.1 Å². The molecule has 3 aliphatic carbocycles. The number of halogens is 3. The van der Waals surface area contributed by atoms with E-state index in [9.17, 15) is 18.0 Å². The van der Waals surface area contributed by atoms with Crippen LogP contribution in [0.3, 0.4) is 0 Å². The largest absolute Gasteiger partial charge is 0.446 e. The summed E-state index contributed by atoms with van der Waals surface area (Å²) in [4.78, 5) is 22.4. The SMILES string of the molecule is CC(C)(C)OC(=O)N1C[C@H]2C[C@@H]1C[C@H]2N.N[C@@H]1C[C@@H]2CC[C@H]1C2.O=CC(F)(F)F.[2H]CC. The van der Waals surface area contributed by atoms with Crippen LogP contribution in [0.25, 0.3) is 0 Å². The Morgan fingerprint density at radius 1 is 1.06 bits per heavy atom. The normalized spacial score (nSPS) is 33.2. The smallest absolute Gasteiger partial charge is 0.444 e. The van der Waals surface area contributed by atoms with Crippen molar-refractivity contribution in [3.8, 4) is 0 Å². The monoisotopic (exact) mass is 452 g/mol. The van der Waals surface area contributed by atoms with E-state index in [2.05, 4.69) is 0 Å². The van der Waals surface area contributed by atoms with Gasteiger partial charge in [0.25, 0.3) is 0 Å². The molecule has 1 aliphatic heterocycles. The molecule has 1 amide bonds. The molecule has 31 heavy (non-hydrogen) atoms. The summed E-state index contributed by atoms with van der Waals surface area (Å²) in [5.74, 6) is 2.43. The van der Waals surface area contributed by atoms with Gasteiger partial charge < -0.3 is 21.1 Å². The van der Waals surface area contributed by atoms with Crippen LogP contribution in [0, 0.1) is 17.8 Å². The van der Waals surface area contributed by atoms with E-state index in [4.69, 9.17) is 22.4 Å². The number of amides is 1. The minimum absolute atomic E-state index is 0.179. The minimum Gasteiger partial charge on any atom is -0.444 e. The Morgan fingerprint density at radius 2 is 1.61 bits per heavy atom. The number of hydrogen-bond donors (Lipinski definition) is 2. The van der Waals surface area contributed by atoms with Crippen LogP contribution in [0.1, 0.15) is 74.5 Å². The first kappa shape index (κ1) is 25.9. The first-order valence-electron chi connectivity index (χ1n) is 11.7. The van der Waals surface area contributed by atoms with Crippen LogP contribution in [-0.4, -0.2) is 53.7 Å². The maximum absolute atomic E-state index is 11.8. The van der Waals surface area contributed by atoms with E-state index >= 15 is 0 Å². The van der Waals surface area contributed by atoms with Crippen molar-refractivity contribution in [3.05, 3.63) is 0 Å². The lowest BCUT2D eigenvalue weighted by Crippen LogP contribution is -2.46. The molecule has 1 saturated heterocycles. The molecule has 0 radical (unpaired) electrons. The minimum atomic E-state index is -4.64. The van der Waals surface area contributed by atoms with Crippen LogP contribution in [0.5, 0.6) is 0 Å². The third kappa shape index (κ3) is 8.96. The quantitative estimate of drug-likeness (QED) is 0.536. The molecule has 0 aromatic rings. The fraction of sp³-hybridized carbons (Fsp3) is 0.909. The number of alkyl halides is 3. The molecule has 0 aromatic heterocycles. The lowest BCUT2D eigenvalue weighted by Gasteiger charge is -2.31. The molecule has 4 rings (SSSR count). The second-order valence-electron chi connectivity index (χ2n) is 9.68. The second kappa shape index (κ2) is 11.5. The van der Waals surface area contributed by atoms with Crippen molar-refractivity contribution in [2.24, 2.45) is 29.2 Å². The predicted octanol–water partition coefficient (Wildman–Crippen LogP) is 4.25. The Bertz CT molecular complexity index is 597. The van der Waals surface area contributed by atoms with Gasteiger partial charge in [0.05, 0.1) is 0 Å². The first-order chi connectivity index (χ1) is 14.7. The molecule has 4 fully saturated rings. The lowest BCUT2D eigenvalue weighted by atomic mass is 9.96. The summed E-state index contributed by atoms with van der Waals surface area (Å²) >= 11 is 0. The zero-order chi connectivity index (χ0) is 24.7. The molecular formula is C22H40F3N3O3. The molecule has 4 bridgehead atoms. The van der Waals surface area contributed by atoms with Gasteiger partial charge in [0, 0.05) is 26.0 Å². The van der Waals surface area contributed by atoms with Crippen molar-refractivity contribution in [1.29, 1.82) is 0 Å². The number of carbonyl (C=O) groups is 2. The van der Waals surface area contributed by atoms with E-state index in [0.717, 1.165) is 31.2 Å². The molecule has 3 saturated carbocycles. The average Bonchev–Trinajstić information content (AvgIpc) is 3.41.